The molecule has 0 saturated carbocycles. The quantitative estimate of drug-likeness (QED) is 0.419. The molecule has 3 aromatic carbocycles. The van der Waals surface area contributed by atoms with Crippen molar-refractivity contribution in [2.45, 2.75) is 6.54 Å². The Morgan fingerprint density at radius 1 is 0.800 bits per heavy atom. The molecule has 0 atom stereocenters. The maximum atomic E-state index is 6.07. The lowest BCUT2D eigenvalue weighted by atomic mass is 10.1. The number of furan rings is 1. The van der Waals surface area contributed by atoms with Crippen molar-refractivity contribution in [1.82, 2.24) is 0 Å². The molecular weight excluding hydrogens is 353 g/mol. The molecule has 25 heavy (non-hydrogen) atoms. The van der Waals surface area contributed by atoms with Crippen molar-refractivity contribution in [2.24, 2.45) is 0 Å². The molecule has 1 N–H and O–H groups in total. The van der Waals surface area contributed by atoms with E-state index in [9.17, 15) is 0 Å². The summed E-state index contributed by atoms with van der Waals surface area (Å²) in [6.07, 6.45) is 0. The van der Waals surface area contributed by atoms with Gasteiger partial charge in [-0.3, -0.25) is 0 Å². The highest BCUT2D eigenvalue weighted by molar-refractivity contribution is 6.35. The van der Waals surface area contributed by atoms with Crippen molar-refractivity contribution < 1.29 is 4.42 Å². The van der Waals surface area contributed by atoms with Crippen LogP contribution in [0.1, 0.15) is 5.76 Å². The van der Waals surface area contributed by atoms with Crippen LogP contribution in [0.3, 0.4) is 0 Å². The summed E-state index contributed by atoms with van der Waals surface area (Å²) in [6, 6.07) is 23.8. The normalized spacial score (nSPS) is 11.0. The Morgan fingerprint density at radius 2 is 1.56 bits per heavy atom. The molecular formula is C21H15Cl2NO. The van der Waals surface area contributed by atoms with Crippen LogP contribution in [-0.2, 0) is 6.54 Å². The third-order valence-corrected chi connectivity index (χ3v) is 4.49. The molecule has 1 heterocycles. The lowest BCUT2D eigenvalue weighted by Gasteiger charge is -2.08. The fraction of sp³-hybridized carbons (Fsp3) is 0.0476. The zero-order chi connectivity index (χ0) is 17.2. The largest absolute Gasteiger partial charge is 0.459 e. The Kier molecular flexibility index (Phi) is 4.39. The van der Waals surface area contributed by atoms with E-state index in [-0.39, 0.29) is 0 Å². The minimum atomic E-state index is 0.592. The SMILES string of the molecule is Clc1cc(Cl)cc(-c2ccc(CNc3cccc4ccccc34)o2)c1. The standard InChI is InChI=1S/C21H15Cl2NO/c22-16-10-15(11-17(23)12-16)21-9-8-18(25-21)13-24-20-7-3-5-14-4-1-2-6-19(14)20/h1-12,24H,13H2. The van der Waals surface area contributed by atoms with Crippen LogP contribution < -0.4 is 5.32 Å². The van der Waals surface area contributed by atoms with Gasteiger partial charge >= 0.3 is 0 Å². The van der Waals surface area contributed by atoms with Crippen LogP contribution >= 0.6 is 23.2 Å². The molecule has 4 rings (SSSR count). The second-order valence-electron chi connectivity index (χ2n) is 5.80. The van der Waals surface area contributed by atoms with Gasteiger partial charge in [0.1, 0.15) is 11.5 Å². The summed E-state index contributed by atoms with van der Waals surface area (Å²) in [5.41, 5.74) is 1.95. The Morgan fingerprint density at radius 3 is 2.40 bits per heavy atom. The molecule has 0 fully saturated rings. The topological polar surface area (TPSA) is 25.2 Å². The molecule has 0 aliphatic carbocycles. The van der Waals surface area contributed by atoms with Crippen molar-refractivity contribution in [3.8, 4) is 11.3 Å². The number of benzene rings is 3. The molecule has 1 aromatic heterocycles. The summed E-state index contributed by atoms with van der Waals surface area (Å²) < 4.78 is 5.93. The van der Waals surface area contributed by atoms with E-state index < -0.39 is 0 Å². The number of anilines is 1. The molecule has 0 bridgehead atoms. The second-order valence-corrected chi connectivity index (χ2v) is 6.68. The van der Waals surface area contributed by atoms with E-state index in [1.165, 1.54) is 10.8 Å². The first-order valence-corrected chi connectivity index (χ1v) is 8.71. The average molecular weight is 368 g/mol. The van der Waals surface area contributed by atoms with Crippen LogP contribution in [0.5, 0.6) is 0 Å². The van der Waals surface area contributed by atoms with Gasteiger partial charge in [0.15, 0.2) is 0 Å². The van der Waals surface area contributed by atoms with Gasteiger partial charge in [0.25, 0.3) is 0 Å². The molecule has 0 aliphatic heterocycles. The van der Waals surface area contributed by atoms with Crippen molar-refractivity contribution >= 4 is 39.7 Å². The zero-order valence-corrected chi connectivity index (χ0v) is 14.8. The van der Waals surface area contributed by atoms with E-state index in [0.717, 1.165) is 22.8 Å². The van der Waals surface area contributed by atoms with Gasteiger partial charge in [-0.25, -0.2) is 0 Å². The Balaban J connectivity index is 1.55. The van der Waals surface area contributed by atoms with Crippen LogP contribution in [0, 0.1) is 0 Å². The fourth-order valence-corrected chi connectivity index (χ4v) is 3.41. The highest BCUT2D eigenvalue weighted by Gasteiger charge is 2.08. The Bertz CT molecular complexity index is 1010. The molecule has 4 aromatic rings. The summed E-state index contributed by atoms with van der Waals surface area (Å²) in [4.78, 5) is 0. The maximum absolute atomic E-state index is 6.07. The third-order valence-electron chi connectivity index (χ3n) is 4.05. The number of nitrogens with one attached hydrogen (secondary N) is 1. The van der Waals surface area contributed by atoms with E-state index >= 15 is 0 Å². The lowest BCUT2D eigenvalue weighted by molar-refractivity contribution is 0.531. The van der Waals surface area contributed by atoms with Crippen LogP contribution in [0.4, 0.5) is 5.69 Å². The molecule has 2 nitrogen and oxygen atoms in total. The molecule has 0 aliphatic rings. The number of hydrogen-bond acceptors (Lipinski definition) is 2. The monoisotopic (exact) mass is 367 g/mol. The van der Waals surface area contributed by atoms with Gasteiger partial charge in [0.2, 0.25) is 0 Å². The van der Waals surface area contributed by atoms with E-state index in [4.69, 9.17) is 27.6 Å². The molecule has 0 saturated heterocycles. The first kappa shape index (κ1) is 16.1. The van der Waals surface area contributed by atoms with Crippen LogP contribution in [0.15, 0.2) is 77.2 Å². The van der Waals surface area contributed by atoms with Crippen molar-refractivity contribution in [3.05, 3.63) is 88.6 Å². The highest BCUT2D eigenvalue weighted by atomic mass is 35.5. The van der Waals surface area contributed by atoms with Gasteiger partial charge < -0.3 is 9.73 Å². The van der Waals surface area contributed by atoms with Gasteiger partial charge in [-0.05, 0) is 41.8 Å². The summed E-state index contributed by atoms with van der Waals surface area (Å²) in [7, 11) is 0. The Hall–Kier alpha value is -2.42. The smallest absolute Gasteiger partial charge is 0.134 e. The summed E-state index contributed by atoms with van der Waals surface area (Å²) in [6.45, 7) is 0.600. The molecule has 0 spiro atoms. The number of fused-ring (bicyclic) bond motifs is 1. The van der Waals surface area contributed by atoms with E-state index in [1.807, 2.05) is 42.5 Å². The van der Waals surface area contributed by atoms with Gasteiger partial charge in [-0.2, -0.15) is 0 Å². The zero-order valence-electron chi connectivity index (χ0n) is 13.3. The van der Waals surface area contributed by atoms with E-state index in [0.29, 0.717) is 16.6 Å². The van der Waals surface area contributed by atoms with Gasteiger partial charge in [0.05, 0.1) is 6.54 Å². The maximum Gasteiger partial charge on any atom is 0.134 e. The summed E-state index contributed by atoms with van der Waals surface area (Å²) in [5.74, 6) is 1.60. The molecule has 124 valence electrons. The van der Waals surface area contributed by atoms with Crippen molar-refractivity contribution in [3.63, 3.8) is 0 Å². The van der Waals surface area contributed by atoms with Gasteiger partial charge in [-0.1, -0.05) is 59.6 Å². The van der Waals surface area contributed by atoms with Crippen LogP contribution in [0.2, 0.25) is 10.0 Å². The number of halogens is 2. The van der Waals surface area contributed by atoms with E-state index in [2.05, 4.69) is 29.6 Å². The first-order valence-electron chi connectivity index (χ1n) is 7.96. The molecule has 0 unspecified atom stereocenters. The van der Waals surface area contributed by atoms with Crippen LogP contribution in [-0.4, -0.2) is 0 Å². The predicted octanol–water partition coefficient (Wildman–Crippen LogP) is 7.02. The van der Waals surface area contributed by atoms with Crippen molar-refractivity contribution in [2.75, 3.05) is 5.32 Å². The summed E-state index contributed by atoms with van der Waals surface area (Å²) in [5, 5.41) is 7.03. The van der Waals surface area contributed by atoms with Gasteiger partial charge in [-0.15, -0.1) is 0 Å². The second kappa shape index (κ2) is 6.83. The fourth-order valence-electron chi connectivity index (χ4n) is 2.89. The first-order chi connectivity index (χ1) is 12.2. The highest BCUT2D eigenvalue weighted by Crippen LogP contribution is 2.29. The minimum absolute atomic E-state index is 0.592. The third kappa shape index (κ3) is 3.51. The summed E-state index contributed by atoms with van der Waals surface area (Å²) >= 11 is 12.1. The number of rotatable bonds is 4. The molecule has 0 amide bonds. The molecule has 0 radical (unpaired) electrons. The van der Waals surface area contributed by atoms with Crippen molar-refractivity contribution in [1.29, 1.82) is 0 Å². The Labute approximate surface area is 156 Å². The molecule has 4 heteroatoms. The van der Waals surface area contributed by atoms with E-state index in [1.54, 1.807) is 6.07 Å². The number of hydrogen-bond donors (Lipinski definition) is 1. The lowest BCUT2D eigenvalue weighted by Crippen LogP contribution is -1.98. The van der Waals surface area contributed by atoms with Gasteiger partial charge in [0, 0.05) is 26.7 Å². The predicted molar refractivity (Wildman–Crippen MR) is 105 cm³/mol. The average Bonchev–Trinajstić information content (AvgIpc) is 3.08. The minimum Gasteiger partial charge on any atom is -0.459 e. The van der Waals surface area contributed by atoms with Crippen LogP contribution in [0.25, 0.3) is 22.1 Å².